The van der Waals surface area contributed by atoms with Crippen LogP contribution >= 0.6 is 0 Å². The van der Waals surface area contributed by atoms with Gasteiger partial charge in [-0.15, -0.1) is 0 Å². The smallest absolute Gasteiger partial charge is 0.317 e. The number of hydrogen-bond acceptors (Lipinski definition) is 4. The Morgan fingerprint density at radius 1 is 1.43 bits per heavy atom. The fraction of sp³-hybridized carbons (Fsp3) is 0.400. The summed E-state index contributed by atoms with van der Waals surface area (Å²) in [5, 5.41) is 6.97. The Labute approximate surface area is 123 Å². The minimum Gasteiger partial charge on any atom is -0.339 e. The molecule has 0 spiro atoms. The van der Waals surface area contributed by atoms with Crippen molar-refractivity contribution in [1.82, 2.24) is 20.4 Å². The van der Waals surface area contributed by atoms with Crippen LogP contribution in [0.2, 0.25) is 0 Å². The van der Waals surface area contributed by atoms with Gasteiger partial charge in [0.15, 0.2) is 0 Å². The first-order valence-electron chi connectivity index (χ1n) is 6.96. The zero-order chi connectivity index (χ0) is 15.0. The topological polar surface area (TPSA) is 71.3 Å². The number of rotatable bonds is 2. The summed E-state index contributed by atoms with van der Waals surface area (Å²) >= 11 is 0. The van der Waals surface area contributed by atoms with Crippen molar-refractivity contribution >= 4 is 6.03 Å². The molecule has 6 nitrogen and oxygen atoms in total. The molecule has 0 aliphatic heterocycles. The van der Waals surface area contributed by atoms with Crippen LogP contribution in [0.1, 0.15) is 29.5 Å². The van der Waals surface area contributed by atoms with Crippen molar-refractivity contribution in [2.45, 2.75) is 25.8 Å². The van der Waals surface area contributed by atoms with Crippen LogP contribution in [-0.2, 0) is 6.42 Å². The van der Waals surface area contributed by atoms with Gasteiger partial charge in [-0.25, -0.2) is 4.79 Å². The van der Waals surface area contributed by atoms with E-state index in [0.717, 1.165) is 18.4 Å². The largest absolute Gasteiger partial charge is 0.339 e. The number of nitrogens with zero attached hydrogens (tertiary/aromatic N) is 3. The maximum atomic E-state index is 11.8. The number of urea groups is 1. The number of carbonyl (C=O) groups excluding carboxylic acids is 1. The summed E-state index contributed by atoms with van der Waals surface area (Å²) in [7, 11) is 3.49. The van der Waals surface area contributed by atoms with Gasteiger partial charge in [0.25, 0.3) is 0 Å². The Balaban J connectivity index is 1.83. The van der Waals surface area contributed by atoms with E-state index < -0.39 is 0 Å². The average molecular weight is 286 g/mol. The third-order valence-electron chi connectivity index (χ3n) is 3.71. The lowest BCUT2D eigenvalue weighted by Crippen LogP contribution is -2.36. The zero-order valence-electron chi connectivity index (χ0n) is 12.4. The van der Waals surface area contributed by atoms with Crippen molar-refractivity contribution in [3.8, 4) is 11.4 Å². The molecule has 0 unspecified atom stereocenters. The number of aromatic nitrogens is 2. The van der Waals surface area contributed by atoms with Crippen molar-refractivity contribution in [2.75, 3.05) is 14.1 Å². The fourth-order valence-electron chi connectivity index (χ4n) is 2.60. The number of fused-ring (bicyclic) bond motifs is 1. The molecule has 1 aliphatic carbocycles. The maximum absolute atomic E-state index is 11.8. The minimum atomic E-state index is -0.0641. The van der Waals surface area contributed by atoms with Gasteiger partial charge >= 0.3 is 6.03 Å². The van der Waals surface area contributed by atoms with E-state index in [2.05, 4.69) is 21.5 Å². The van der Waals surface area contributed by atoms with Crippen molar-refractivity contribution in [2.24, 2.45) is 0 Å². The molecule has 1 heterocycles. The average Bonchev–Trinajstić information content (AvgIpc) is 3.05. The Bertz CT molecular complexity index is 678. The van der Waals surface area contributed by atoms with Crippen molar-refractivity contribution in [3.63, 3.8) is 0 Å². The highest BCUT2D eigenvalue weighted by atomic mass is 16.5. The number of benzene rings is 1. The maximum Gasteiger partial charge on any atom is 0.317 e. The number of carbonyl (C=O) groups is 1. The fourth-order valence-corrected chi connectivity index (χ4v) is 2.60. The van der Waals surface area contributed by atoms with Crippen molar-refractivity contribution in [3.05, 3.63) is 35.2 Å². The lowest BCUT2D eigenvalue weighted by Gasteiger charge is -2.18. The Morgan fingerprint density at radius 2 is 2.24 bits per heavy atom. The zero-order valence-corrected chi connectivity index (χ0v) is 12.4. The predicted molar refractivity (Wildman–Crippen MR) is 77.8 cm³/mol. The van der Waals surface area contributed by atoms with Gasteiger partial charge in [0, 0.05) is 26.6 Å². The molecule has 1 aromatic heterocycles. The summed E-state index contributed by atoms with van der Waals surface area (Å²) in [5.41, 5.74) is 3.36. The Morgan fingerprint density at radius 3 is 2.90 bits per heavy atom. The highest BCUT2D eigenvalue weighted by Crippen LogP contribution is 2.33. The number of amides is 2. The van der Waals surface area contributed by atoms with Gasteiger partial charge in [-0.05, 0) is 30.0 Å². The SMILES string of the molecule is Cc1nc(-c2ccc3c(c2)CC[C@H]3NC(=O)N(C)C)no1. The number of aryl methyl sites for hydroxylation is 2. The van der Waals surface area contributed by atoms with Gasteiger partial charge in [-0.1, -0.05) is 17.3 Å². The second-order valence-electron chi connectivity index (χ2n) is 5.49. The molecule has 6 heteroatoms. The van der Waals surface area contributed by atoms with E-state index in [4.69, 9.17) is 4.52 Å². The molecular weight excluding hydrogens is 268 g/mol. The van der Waals surface area contributed by atoms with Crippen LogP contribution in [0, 0.1) is 6.92 Å². The normalized spacial score (nSPS) is 16.6. The monoisotopic (exact) mass is 286 g/mol. The van der Waals surface area contributed by atoms with Gasteiger partial charge in [0.05, 0.1) is 6.04 Å². The molecule has 0 fully saturated rings. The van der Waals surface area contributed by atoms with Gasteiger partial charge in [-0.2, -0.15) is 4.98 Å². The molecule has 0 saturated heterocycles. The standard InChI is InChI=1S/C15H18N4O2/c1-9-16-14(18-21-9)11-4-6-12-10(8-11)5-7-13(12)17-15(20)19(2)3/h4,6,8,13H,5,7H2,1-3H3,(H,17,20)/t13-/m1/s1. The van der Waals surface area contributed by atoms with E-state index in [1.165, 1.54) is 11.1 Å². The van der Waals surface area contributed by atoms with Gasteiger partial charge in [0.1, 0.15) is 0 Å². The Kier molecular flexibility index (Phi) is 3.37. The predicted octanol–water partition coefficient (Wildman–Crippen LogP) is 2.30. The highest BCUT2D eigenvalue weighted by Gasteiger charge is 2.25. The Hall–Kier alpha value is -2.37. The molecule has 0 bridgehead atoms. The molecule has 21 heavy (non-hydrogen) atoms. The first-order valence-corrected chi connectivity index (χ1v) is 6.96. The van der Waals surface area contributed by atoms with Crippen LogP contribution in [-0.4, -0.2) is 35.2 Å². The molecule has 2 aromatic rings. The molecule has 0 radical (unpaired) electrons. The van der Waals surface area contributed by atoms with Gasteiger partial charge in [0.2, 0.25) is 11.7 Å². The van der Waals surface area contributed by atoms with Crippen molar-refractivity contribution < 1.29 is 9.32 Å². The summed E-state index contributed by atoms with van der Waals surface area (Å²) in [5.74, 6) is 1.16. The molecule has 1 aliphatic rings. The third-order valence-corrected chi connectivity index (χ3v) is 3.71. The summed E-state index contributed by atoms with van der Waals surface area (Å²) in [4.78, 5) is 17.6. The second kappa shape index (κ2) is 5.20. The lowest BCUT2D eigenvalue weighted by molar-refractivity contribution is 0.213. The van der Waals surface area contributed by atoms with Crippen LogP contribution in [0.25, 0.3) is 11.4 Å². The van der Waals surface area contributed by atoms with E-state index in [-0.39, 0.29) is 12.1 Å². The third kappa shape index (κ3) is 2.61. The molecule has 1 atom stereocenters. The minimum absolute atomic E-state index is 0.0641. The molecule has 3 rings (SSSR count). The molecule has 1 N–H and O–H groups in total. The van der Waals surface area contributed by atoms with E-state index in [0.29, 0.717) is 11.7 Å². The van der Waals surface area contributed by atoms with E-state index in [1.807, 2.05) is 12.1 Å². The second-order valence-corrected chi connectivity index (χ2v) is 5.49. The first kappa shape index (κ1) is 13.6. The lowest BCUT2D eigenvalue weighted by atomic mass is 10.0. The van der Waals surface area contributed by atoms with E-state index in [9.17, 15) is 4.79 Å². The van der Waals surface area contributed by atoms with Crippen molar-refractivity contribution in [1.29, 1.82) is 0 Å². The molecular formula is C15H18N4O2. The summed E-state index contributed by atoms with van der Waals surface area (Å²) in [6, 6.07) is 6.12. The summed E-state index contributed by atoms with van der Waals surface area (Å²) in [6.07, 6.45) is 1.86. The van der Waals surface area contributed by atoms with Gasteiger partial charge in [-0.3, -0.25) is 0 Å². The first-order chi connectivity index (χ1) is 10.0. The molecule has 0 saturated carbocycles. The van der Waals surface area contributed by atoms with Crippen LogP contribution in [0.4, 0.5) is 4.79 Å². The number of hydrogen-bond donors (Lipinski definition) is 1. The number of nitrogens with one attached hydrogen (secondary N) is 1. The van der Waals surface area contributed by atoms with E-state index in [1.54, 1.807) is 25.9 Å². The molecule has 2 amide bonds. The van der Waals surface area contributed by atoms with Crippen LogP contribution < -0.4 is 5.32 Å². The van der Waals surface area contributed by atoms with Crippen LogP contribution in [0.15, 0.2) is 22.7 Å². The quantitative estimate of drug-likeness (QED) is 0.919. The highest BCUT2D eigenvalue weighted by molar-refractivity contribution is 5.74. The van der Waals surface area contributed by atoms with E-state index >= 15 is 0 Å². The van der Waals surface area contributed by atoms with Crippen LogP contribution in [0.5, 0.6) is 0 Å². The molecule has 1 aromatic carbocycles. The summed E-state index contributed by atoms with van der Waals surface area (Å²) in [6.45, 7) is 1.77. The molecule has 110 valence electrons. The van der Waals surface area contributed by atoms with Gasteiger partial charge < -0.3 is 14.7 Å². The summed E-state index contributed by atoms with van der Waals surface area (Å²) < 4.78 is 5.01. The van der Waals surface area contributed by atoms with Crippen LogP contribution in [0.3, 0.4) is 0 Å².